The summed E-state index contributed by atoms with van der Waals surface area (Å²) in [4.78, 5) is 11.3. The van der Waals surface area contributed by atoms with Gasteiger partial charge in [-0.3, -0.25) is 4.79 Å². The molecule has 2 rings (SSSR count). The Morgan fingerprint density at radius 3 is 2.88 bits per heavy atom. The van der Waals surface area contributed by atoms with Crippen molar-refractivity contribution >= 4 is 55.8 Å². The molecule has 1 aromatic carbocycles. The van der Waals surface area contributed by atoms with Crippen LogP contribution in [0.15, 0.2) is 28.6 Å². The summed E-state index contributed by atoms with van der Waals surface area (Å²) in [5.74, 6) is 1.10. The van der Waals surface area contributed by atoms with E-state index in [2.05, 4.69) is 20.2 Å². The van der Waals surface area contributed by atoms with Crippen LogP contribution in [0.3, 0.4) is 0 Å². The summed E-state index contributed by atoms with van der Waals surface area (Å²) in [5, 5.41) is 10.6. The van der Waals surface area contributed by atoms with Gasteiger partial charge in [0.2, 0.25) is 15.4 Å². The molecule has 0 saturated heterocycles. The number of carbonyl (C=O) groups excluding carboxylic acids is 1. The van der Waals surface area contributed by atoms with Gasteiger partial charge >= 0.3 is 0 Å². The zero-order valence-electron chi connectivity index (χ0n) is 13.4. The molecule has 0 unspecified atom stereocenters. The van der Waals surface area contributed by atoms with E-state index in [0.717, 1.165) is 22.7 Å². The molecule has 1 amide bonds. The minimum atomic E-state index is -3.72. The van der Waals surface area contributed by atoms with Crippen LogP contribution in [0.4, 0.5) is 5.13 Å². The Hall–Kier alpha value is -1.20. The van der Waals surface area contributed by atoms with Gasteiger partial charge in [0.25, 0.3) is 10.0 Å². The van der Waals surface area contributed by atoms with Crippen LogP contribution in [0.2, 0.25) is 5.02 Å². The number of aromatic nitrogens is 2. The van der Waals surface area contributed by atoms with Gasteiger partial charge in [-0.05, 0) is 17.7 Å². The molecule has 0 bridgehead atoms. The molecule has 0 aliphatic rings. The minimum absolute atomic E-state index is 0.168. The van der Waals surface area contributed by atoms with E-state index in [1.807, 2.05) is 24.3 Å². The minimum Gasteiger partial charge on any atom is -0.301 e. The molecule has 1 aromatic heterocycles. The Labute approximate surface area is 159 Å². The maximum absolute atomic E-state index is 12.1. The number of halogens is 1. The summed E-state index contributed by atoms with van der Waals surface area (Å²) in [5.41, 5.74) is 1.08. The number of anilines is 1. The van der Waals surface area contributed by atoms with Gasteiger partial charge < -0.3 is 5.32 Å². The average molecular weight is 421 g/mol. The number of carbonyl (C=O) groups is 1. The normalized spacial score (nSPS) is 11.4. The second-order valence-corrected chi connectivity index (χ2v) is 9.31. The Morgan fingerprint density at radius 2 is 2.16 bits per heavy atom. The number of rotatable bonds is 9. The highest BCUT2D eigenvalue weighted by Crippen LogP contribution is 2.20. The van der Waals surface area contributed by atoms with E-state index in [0.29, 0.717) is 10.8 Å². The van der Waals surface area contributed by atoms with E-state index in [1.54, 1.807) is 18.7 Å². The van der Waals surface area contributed by atoms with Crippen LogP contribution in [-0.4, -0.2) is 36.8 Å². The van der Waals surface area contributed by atoms with Crippen molar-refractivity contribution in [1.29, 1.82) is 0 Å². The first kappa shape index (κ1) is 20.1. The third kappa shape index (κ3) is 6.55. The van der Waals surface area contributed by atoms with Crippen LogP contribution in [-0.2, 0) is 20.6 Å². The van der Waals surface area contributed by atoms with Crippen molar-refractivity contribution < 1.29 is 13.2 Å². The first-order valence-electron chi connectivity index (χ1n) is 7.36. The zero-order chi connectivity index (χ0) is 18.3. The van der Waals surface area contributed by atoms with Crippen molar-refractivity contribution in [3.63, 3.8) is 0 Å². The van der Waals surface area contributed by atoms with Gasteiger partial charge in [0.05, 0.1) is 0 Å². The number of benzene rings is 1. The fourth-order valence-corrected chi connectivity index (χ4v) is 4.84. The lowest BCUT2D eigenvalue weighted by Crippen LogP contribution is -2.26. The molecule has 136 valence electrons. The lowest BCUT2D eigenvalue weighted by molar-refractivity contribution is -0.115. The molecule has 0 saturated carbocycles. The summed E-state index contributed by atoms with van der Waals surface area (Å²) in [6, 6.07) is 7.54. The second kappa shape index (κ2) is 9.48. The van der Waals surface area contributed by atoms with E-state index in [1.165, 1.54) is 0 Å². The zero-order valence-corrected chi connectivity index (χ0v) is 16.6. The van der Waals surface area contributed by atoms with Crippen molar-refractivity contribution in [2.24, 2.45) is 0 Å². The second-order valence-electron chi connectivity index (χ2n) is 4.86. The van der Waals surface area contributed by atoms with Crippen LogP contribution in [0, 0.1) is 0 Å². The first-order valence-corrected chi connectivity index (χ1v) is 11.2. The highest BCUT2D eigenvalue weighted by Gasteiger charge is 2.20. The number of nitrogens with one attached hydrogen (secondary N) is 2. The quantitative estimate of drug-likeness (QED) is 0.477. The summed E-state index contributed by atoms with van der Waals surface area (Å²) < 4.78 is 26.6. The Bertz CT molecular complexity index is 826. The summed E-state index contributed by atoms with van der Waals surface area (Å²) in [6.07, 6.45) is 0.282. The third-order valence-corrected chi connectivity index (χ3v) is 6.83. The first-order chi connectivity index (χ1) is 11.9. The summed E-state index contributed by atoms with van der Waals surface area (Å²) in [6.45, 7) is 1.96. The number of hydrogen-bond acceptors (Lipinski definition) is 7. The van der Waals surface area contributed by atoms with E-state index in [-0.39, 0.29) is 28.3 Å². The molecule has 7 nitrogen and oxygen atoms in total. The predicted octanol–water partition coefficient (Wildman–Crippen LogP) is 2.75. The van der Waals surface area contributed by atoms with Crippen molar-refractivity contribution in [3.05, 3.63) is 34.9 Å². The van der Waals surface area contributed by atoms with Crippen LogP contribution in [0.5, 0.6) is 0 Å². The number of thioether (sulfide) groups is 1. The molecule has 0 aliphatic carbocycles. The third-order valence-electron chi connectivity index (χ3n) is 2.90. The molecule has 11 heteroatoms. The fraction of sp³-hybridized carbons (Fsp3) is 0.357. The van der Waals surface area contributed by atoms with Gasteiger partial charge in [0.15, 0.2) is 0 Å². The Kier molecular flexibility index (Phi) is 7.63. The molecule has 0 atom stereocenters. The van der Waals surface area contributed by atoms with E-state index in [4.69, 9.17) is 11.6 Å². The molecule has 0 radical (unpaired) electrons. The maximum Gasteiger partial charge on any atom is 0.269 e. The molecule has 1 heterocycles. The molecule has 0 aliphatic heterocycles. The van der Waals surface area contributed by atoms with Gasteiger partial charge in [-0.1, -0.05) is 42.0 Å². The lowest BCUT2D eigenvalue weighted by atomic mass is 10.2. The number of hydrogen-bond donors (Lipinski definition) is 2. The molecule has 0 fully saturated rings. The standard InChI is InChI=1S/C14H17ClN4O3S3/c1-2-12(20)17-13-18-19-14(24-13)25(21,22)16-6-7-23-9-10-4-3-5-11(15)8-10/h3-5,8,16H,2,6-7,9H2,1H3,(H,17,18,20). The van der Waals surface area contributed by atoms with Gasteiger partial charge in [0, 0.05) is 29.5 Å². The fourth-order valence-electron chi connectivity index (χ4n) is 1.70. The summed E-state index contributed by atoms with van der Waals surface area (Å²) in [7, 11) is -3.72. The Balaban J connectivity index is 1.78. The Morgan fingerprint density at radius 1 is 1.36 bits per heavy atom. The molecule has 2 aromatic rings. The molecule has 25 heavy (non-hydrogen) atoms. The number of nitrogens with zero attached hydrogens (tertiary/aromatic N) is 2. The van der Waals surface area contributed by atoms with E-state index < -0.39 is 10.0 Å². The topological polar surface area (TPSA) is 101 Å². The van der Waals surface area contributed by atoms with Gasteiger partial charge in [0.1, 0.15) is 0 Å². The monoisotopic (exact) mass is 420 g/mol. The van der Waals surface area contributed by atoms with Crippen molar-refractivity contribution in [3.8, 4) is 0 Å². The van der Waals surface area contributed by atoms with Crippen LogP contribution in [0.1, 0.15) is 18.9 Å². The van der Waals surface area contributed by atoms with Crippen LogP contribution in [0.25, 0.3) is 0 Å². The average Bonchev–Trinajstić information content (AvgIpc) is 3.04. The van der Waals surface area contributed by atoms with Gasteiger partial charge in [-0.2, -0.15) is 11.8 Å². The largest absolute Gasteiger partial charge is 0.301 e. The maximum atomic E-state index is 12.1. The predicted molar refractivity (Wildman–Crippen MR) is 102 cm³/mol. The van der Waals surface area contributed by atoms with Crippen LogP contribution < -0.4 is 10.0 Å². The molecule has 2 N–H and O–H groups in total. The van der Waals surface area contributed by atoms with E-state index in [9.17, 15) is 13.2 Å². The molecular weight excluding hydrogens is 404 g/mol. The van der Waals surface area contributed by atoms with Crippen molar-refractivity contribution in [1.82, 2.24) is 14.9 Å². The van der Waals surface area contributed by atoms with Gasteiger partial charge in [-0.15, -0.1) is 10.2 Å². The van der Waals surface area contributed by atoms with Crippen LogP contribution >= 0.6 is 34.7 Å². The smallest absolute Gasteiger partial charge is 0.269 e. The summed E-state index contributed by atoms with van der Waals surface area (Å²) >= 11 is 8.33. The van der Waals surface area contributed by atoms with Crippen molar-refractivity contribution in [2.45, 2.75) is 23.4 Å². The highest BCUT2D eigenvalue weighted by atomic mass is 35.5. The number of sulfonamides is 1. The lowest BCUT2D eigenvalue weighted by Gasteiger charge is -2.04. The van der Waals surface area contributed by atoms with Gasteiger partial charge in [-0.25, -0.2) is 13.1 Å². The molecule has 0 spiro atoms. The SMILES string of the molecule is CCC(=O)Nc1nnc(S(=O)(=O)NCCSCc2cccc(Cl)c2)s1. The number of amides is 1. The molecular formula is C14H17ClN4O3S3. The highest BCUT2D eigenvalue weighted by molar-refractivity contribution is 7.98. The van der Waals surface area contributed by atoms with E-state index >= 15 is 0 Å². The van der Waals surface area contributed by atoms with Crippen molar-refractivity contribution in [2.75, 3.05) is 17.6 Å².